The summed E-state index contributed by atoms with van der Waals surface area (Å²) in [5, 5.41) is 4.82. The number of thiophene rings is 1. The average molecular weight is 292 g/mol. The number of hydrogen-bond donors (Lipinski definition) is 2. The van der Waals surface area contributed by atoms with E-state index in [1.54, 1.807) is 18.6 Å². The van der Waals surface area contributed by atoms with Crippen molar-refractivity contribution >= 4 is 21.4 Å². The summed E-state index contributed by atoms with van der Waals surface area (Å²) in [5.74, 6) is 0. The van der Waals surface area contributed by atoms with Gasteiger partial charge in [-0.15, -0.1) is 11.3 Å². The molecule has 0 bridgehead atoms. The van der Waals surface area contributed by atoms with Gasteiger partial charge in [0.05, 0.1) is 11.0 Å². The Bertz CT molecular complexity index is 457. The summed E-state index contributed by atoms with van der Waals surface area (Å²) in [6, 6.07) is 1.70. The van der Waals surface area contributed by atoms with Crippen molar-refractivity contribution in [1.29, 1.82) is 0 Å². The van der Waals surface area contributed by atoms with Gasteiger partial charge in [0.2, 0.25) is 10.0 Å². The highest BCUT2D eigenvalue weighted by Crippen LogP contribution is 2.19. The predicted molar refractivity (Wildman–Crippen MR) is 73.4 cm³/mol. The Hall–Kier alpha value is -0.470. The van der Waals surface area contributed by atoms with Gasteiger partial charge in [-0.05, 0) is 19.5 Å². The zero-order valence-corrected chi connectivity index (χ0v) is 12.5. The van der Waals surface area contributed by atoms with E-state index in [2.05, 4.69) is 10.0 Å². The van der Waals surface area contributed by atoms with Crippen LogP contribution >= 0.6 is 11.3 Å². The first-order valence-corrected chi connectivity index (χ1v) is 8.16. The maximum absolute atomic E-state index is 12.0. The summed E-state index contributed by atoms with van der Waals surface area (Å²) >= 11 is 1.44. The van der Waals surface area contributed by atoms with Crippen molar-refractivity contribution in [2.24, 2.45) is 0 Å². The molecule has 1 heterocycles. The molecule has 0 aliphatic rings. The van der Waals surface area contributed by atoms with Gasteiger partial charge in [-0.2, -0.15) is 0 Å². The van der Waals surface area contributed by atoms with Crippen LogP contribution in [0, 0.1) is 0 Å². The van der Waals surface area contributed by atoms with Crippen molar-refractivity contribution < 1.29 is 13.2 Å². The fourth-order valence-corrected chi connectivity index (χ4v) is 3.60. The number of ether oxygens (including phenoxy) is 1. The highest BCUT2D eigenvalue weighted by molar-refractivity contribution is 7.89. The molecule has 1 aromatic heterocycles. The van der Waals surface area contributed by atoms with Crippen molar-refractivity contribution in [2.45, 2.75) is 31.4 Å². The van der Waals surface area contributed by atoms with Crippen LogP contribution in [0.1, 0.15) is 18.7 Å². The van der Waals surface area contributed by atoms with Gasteiger partial charge in [0, 0.05) is 30.5 Å². The molecular weight excluding hydrogens is 272 g/mol. The lowest BCUT2D eigenvalue weighted by molar-refractivity contribution is 0.122. The molecule has 0 amide bonds. The van der Waals surface area contributed by atoms with E-state index in [-0.39, 0.29) is 12.6 Å². The molecule has 0 radical (unpaired) electrons. The molecule has 18 heavy (non-hydrogen) atoms. The molecule has 0 saturated carbocycles. The van der Waals surface area contributed by atoms with Crippen molar-refractivity contribution in [3.63, 3.8) is 0 Å². The summed E-state index contributed by atoms with van der Waals surface area (Å²) in [6.45, 7) is 5.66. The molecular formula is C11H20N2O3S2. The Morgan fingerprint density at radius 1 is 1.50 bits per heavy atom. The molecule has 1 aromatic rings. The lowest BCUT2D eigenvalue weighted by Gasteiger charge is -2.10. The summed E-state index contributed by atoms with van der Waals surface area (Å²) in [7, 11) is -1.86. The molecule has 1 atom stereocenters. The van der Waals surface area contributed by atoms with Crippen LogP contribution in [-0.4, -0.2) is 34.7 Å². The van der Waals surface area contributed by atoms with E-state index in [4.69, 9.17) is 4.74 Å². The SMILES string of the molecule is CCNCc1cc(S(=O)(=O)NCC(C)OC)cs1. The third-order valence-corrected chi connectivity index (χ3v) is 4.94. The Morgan fingerprint density at radius 3 is 2.83 bits per heavy atom. The lowest BCUT2D eigenvalue weighted by Crippen LogP contribution is -2.31. The van der Waals surface area contributed by atoms with Crippen molar-refractivity contribution in [1.82, 2.24) is 10.0 Å². The molecule has 2 N–H and O–H groups in total. The number of rotatable bonds is 8. The summed E-state index contributed by atoms with van der Waals surface area (Å²) in [6.07, 6.45) is -0.139. The lowest BCUT2D eigenvalue weighted by atomic mass is 10.4. The van der Waals surface area contributed by atoms with E-state index in [1.807, 2.05) is 13.8 Å². The standard InChI is InChI=1S/C11H20N2O3S2/c1-4-12-7-10-5-11(8-17-10)18(14,15)13-6-9(2)16-3/h5,8-9,12-13H,4,6-7H2,1-3H3. The Kier molecular flexibility index (Phi) is 6.24. The van der Waals surface area contributed by atoms with E-state index in [0.717, 1.165) is 11.4 Å². The average Bonchev–Trinajstić information content (AvgIpc) is 2.83. The second kappa shape index (κ2) is 7.20. The summed E-state index contributed by atoms with van der Waals surface area (Å²) in [4.78, 5) is 1.33. The van der Waals surface area contributed by atoms with E-state index in [1.165, 1.54) is 11.3 Å². The number of methoxy groups -OCH3 is 1. The third-order valence-electron chi connectivity index (χ3n) is 2.45. The fraction of sp³-hybridized carbons (Fsp3) is 0.636. The Balaban J connectivity index is 2.64. The van der Waals surface area contributed by atoms with Gasteiger partial charge in [0.15, 0.2) is 0 Å². The van der Waals surface area contributed by atoms with Crippen LogP contribution in [-0.2, 0) is 21.3 Å². The first-order valence-electron chi connectivity index (χ1n) is 5.80. The van der Waals surface area contributed by atoms with E-state index >= 15 is 0 Å². The normalized spacial score (nSPS) is 13.7. The van der Waals surface area contributed by atoms with Gasteiger partial charge >= 0.3 is 0 Å². The van der Waals surface area contributed by atoms with Gasteiger partial charge < -0.3 is 10.1 Å². The monoisotopic (exact) mass is 292 g/mol. The molecule has 0 saturated heterocycles. The zero-order valence-electron chi connectivity index (χ0n) is 10.9. The second-order valence-electron chi connectivity index (χ2n) is 3.93. The van der Waals surface area contributed by atoms with Crippen molar-refractivity contribution in [3.05, 3.63) is 16.3 Å². The minimum absolute atomic E-state index is 0.139. The maximum atomic E-state index is 12.0. The van der Waals surface area contributed by atoms with Gasteiger partial charge in [-0.3, -0.25) is 0 Å². The smallest absolute Gasteiger partial charge is 0.241 e. The molecule has 0 spiro atoms. The van der Waals surface area contributed by atoms with Crippen LogP contribution in [0.15, 0.2) is 16.3 Å². The Labute approximate surface area is 113 Å². The minimum Gasteiger partial charge on any atom is -0.380 e. The van der Waals surface area contributed by atoms with Crippen LogP contribution in [0.25, 0.3) is 0 Å². The highest BCUT2D eigenvalue weighted by atomic mass is 32.2. The molecule has 1 rings (SSSR count). The summed E-state index contributed by atoms with van der Waals surface area (Å²) < 4.78 is 31.5. The van der Waals surface area contributed by atoms with Crippen molar-refractivity contribution in [2.75, 3.05) is 20.2 Å². The van der Waals surface area contributed by atoms with E-state index in [9.17, 15) is 8.42 Å². The van der Waals surface area contributed by atoms with Crippen LogP contribution in [0.3, 0.4) is 0 Å². The molecule has 104 valence electrons. The second-order valence-corrected chi connectivity index (χ2v) is 6.69. The number of hydrogen-bond acceptors (Lipinski definition) is 5. The molecule has 0 aliphatic heterocycles. The van der Waals surface area contributed by atoms with Gasteiger partial charge in [-0.25, -0.2) is 13.1 Å². The van der Waals surface area contributed by atoms with Crippen molar-refractivity contribution in [3.8, 4) is 0 Å². The van der Waals surface area contributed by atoms with E-state index < -0.39 is 10.0 Å². The van der Waals surface area contributed by atoms with Crippen LogP contribution in [0.4, 0.5) is 0 Å². The largest absolute Gasteiger partial charge is 0.380 e. The highest BCUT2D eigenvalue weighted by Gasteiger charge is 2.16. The quantitative estimate of drug-likeness (QED) is 0.755. The molecule has 0 aliphatic carbocycles. The third kappa shape index (κ3) is 4.66. The van der Waals surface area contributed by atoms with Crippen LogP contribution < -0.4 is 10.0 Å². The molecule has 0 fully saturated rings. The molecule has 0 aromatic carbocycles. The number of nitrogens with one attached hydrogen (secondary N) is 2. The predicted octanol–water partition coefficient (Wildman–Crippen LogP) is 1.17. The maximum Gasteiger partial charge on any atom is 0.241 e. The number of sulfonamides is 1. The van der Waals surface area contributed by atoms with Crippen LogP contribution in [0.5, 0.6) is 0 Å². The first kappa shape index (κ1) is 15.6. The van der Waals surface area contributed by atoms with Gasteiger partial charge in [0.1, 0.15) is 0 Å². The molecule has 7 heteroatoms. The molecule has 5 nitrogen and oxygen atoms in total. The fourth-order valence-electron chi connectivity index (χ4n) is 1.24. The topological polar surface area (TPSA) is 67.4 Å². The first-order chi connectivity index (χ1) is 8.49. The minimum atomic E-state index is -3.42. The van der Waals surface area contributed by atoms with E-state index in [0.29, 0.717) is 11.4 Å². The zero-order chi connectivity index (χ0) is 13.6. The van der Waals surface area contributed by atoms with Crippen LogP contribution in [0.2, 0.25) is 0 Å². The molecule has 1 unspecified atom stereocenters. The Morgan fingerprint density at radius 2 is 2.22 bits per heavy atom. The summed E-state index contributed by atoms with van der Waals surface area (Å²) in [5.41, 5.74) is 0. The van der Waals surface area contributed by atoms with Gasteiger partial charge in [0.25, 0.3) is 0 Å². The van der Waals surface area contributed by atoms with Gasteiger partial charge in [-0.1, -0.05) is 6.92 Å².